The van der Waals surface area contributed by atoms with E-state index in [9.17, 15) is 0 Å². The van der Waals surface area contributed by atoms with Gasteiger partial charge in [0, 0.05) is 66.3 Å². The molecule has 0 unspecified atom stereocenters. The van der Waals surface area contributed by atoms with E-state index < -0.39 is 0 Å². The number of furan rings is 1. The van der Waals surface area contributed by atoms with Crippen molar-refractivity contribution in [3.8, 4) is 67.8 Å². The molecular weight excluding hydrogens is 891 g/mol. The Labute approximate surface area is 419 Å². The van der Waals surface area contributed by atoms with E-state index in [-0.39, 0.29) is 0 Å². The predicted molar refractivity (Wildman–Crippen MR) is 300 cm³/mol. The molecule has 15 rings (SSSR count). The first-order chi connectivity index (χ1) is 36.2. The molecule has 0 saturated heterocycles. The highest BCUT2D eigenvalue weighted by Gasteiger charge is 2.23. The lowest BCUT2D eigenvalue weighted by atomic mass is 9.98. The Balaban J connectivity index is 0.969. The Kier molecular flexibility index (Phi) is 9.16. The third-order valence-corrected chi connectivity index (χ3v) is 14.6. The molecule has 0 saturated carbocycles. The molecule has 15 aromatic rings. The van der Waals surface area contributed by atoms with Crippen molar-refractivity contribution in [3.05, 3.63) is 249 Å². The molecule has 0 amide bonds. The molecule has 6 nitrogen and oxygen atoms in total. The molecule has 0 atom stereocenters. The number of hydrogen-bond donors (Lipinski definition) is 0. The number of rotatable bonds is 7. The summed E-state index contributed by atoms with van der Waals surface area (Å²) in [7, 11) is 0. The molecule has 11 aromatic carbocycles. The molecule has 0 bridgehead atoms. The Morgan fingerprint density at radius 3 is 1.59 bits per heavy atom. The lowest BCUT2D eigenvalue weighted by molar-refractivity contribution is 0.668. The van der Waals surface area contributed by atoms with E-state index in [2.05, 4.69) is 246 Å². The van der Waals surface area contributed by atoms with Crippen molar-refractivity contribution in [3.63, 3.8) is 0 Å². The summed E-state index contributed by atoms with van der Waals surface area (Å²) in [5.74, 6) is 1.72. The van der Waals surface area contributed by atoms with Crippen LogP contribution in [0.1, 0.15) is 0 Å². The average Bonchev–Trinajstić information content (AvgIpc) is 4.11. The van der Waals surface area contributed by atoms with E-state index in [0.717, 1.165) is 99.7 Å². The molecular formula is C67H41N5O. The Hall–Kier alpha value is -9.91. The minimum Gasteiger partial charge on any atom is -0.456 e. The molecule has 340 valence electrons. The molecule has 0 aliphatic carbocycles. The Morgan fingerprint density at radius 1 is 0.288 bits per heavy atom. The van der Waals surface area contributed by atoms with Gasteiger partial charge in [-0.15, -0.1) is 0 Å². The highest BCUT2D eigenvalue weighted by molar-refractivity contribution is 6.17. The maximum atomic E-state index is 6.97. The highest BCUT2D eigenvalue weighted by atomic mass is 16.3. The second-order valence-corrected chi connectivity index (χ2v) is 18.8. The summed E-state index contributed by atoms with van der Waals surface area (Å²) in [4.78, 5) is 16.1. The van der Waals surface area contributed by atoms with Gasteiger partial charge in [0.15, 0.2) is 17.5 Å². The fourth-order valence-corrected chi connectivity index (χ4v) is 11.2. The first kappa shape index (κ1) is 40.9. The molecule has 0 N–H and O–H groups in total. The van der Waals surface area contributed by atoms with E-state index >= 15 is 0 Å². The van der Waals surface area contributed by atoms with Crippen molar-refractivity contribution in [2.45, 2.75) is 0 Å². The first-order valence-corrected chi connectivity index (χ1v) is 24.7. The zero-order chi connectivity index (χ0) is 48.0. The van der Waals surface area contributed by atoms with E-state index in [1.54, 1.807) is 0 Å². The van der Waals surface area contributed by atoms with Crippen LogP contribution in [0.3, 0.4) is 0 Å². The van der Waals surface area contributed by atoms with Crippen LogP contribution in [-0.2, 0) is 0 Å². The van der Waals surface area contributed by atoms with Crippen LogP contribution in [0.15, 0.2) is 253 Å². The van der Waals surface area contributed by atoms with Gasteiger partial charge in [-0.2, -0.15) is 0 Å². The van der Waals surface area contributed by atoms with E-state index in [1.807, 2.05) is 12.1 Å². The molecule has 4 aromatic heterocycles. The maximum Gasteiger partial charge on any atom is 0.164 e. The number of hydrogen-bond acceptors (Lipinski definition) is 4. The molecule has 6 heteroatoms. The van der Waals surface area contributed by atoms with Crippen molar-refractivity contribution < 1.29 is 4.42 Å². The molecule has 4 heterocycles. The first-order valence-electron chi connectivity index (χ1n) is 24.7. The highest BCUT2D eigenvalue weighted by Crippen LogP contribution is 2.44. The number of nitrogens with zero attached hydrogens (tertiary/aromatic N) is 5. The van der Waals surface area contributed by atoms with Gasteiger partial charge in [0.2, 0.25) is 0 Å². The summed E-state index contributed by atoms with van der Waals surface area (Å²) in [6.07, 6.45) is 0. The topological polar surface area (TPSA) is 61.7 Å². The van der Waals surface area contributed by atoms with Gasteiger partial charge in [0.25, 0.3) is 0 Å². The van der Waals surface area contributed by atoms with E-state index in [0.29, 0.717) is 17.5 Å². The largest absolute Gasteiger partial charge is 0.456 e. The van der Waals surface area contributed by atoms with Crippen molar-refractivity contribution >= 4 is 76.3 Å². The fraction of sp³-hybridized carbons (Fsp3) is 0. The quantitative estimate of drug-likeness (QED) is 0.160. The number of aromatic nitrogens is 5. The predicted octanol–water partition coefficient (Wildman–Crippen LogP) is 17.5. The molecule has 0 fully saturated rings. The van der Waals surface area contributed by atoms with Gasteiger partial charge in [-0.05, 0) is 82.1 Å². The molecule has 0 aliphatic rings. The fourth-order valence-electron chi connectivity index (χ4n) is 11.2. The number of para-hydroxylation sites is 3. The van der Waals surface area contributed by atoms with Gasteiger partial charge >= 0.3 is 0 Å². The summed E-state index contributed by atoms with van der Waals surface area (Å²) >= 11 is 0. The monoisotopic (exact) mass is 931 g/mol. The second kappa shape index (κ2) is 16.3. The lowest BCUT2D eigenvalue weighted by Crippen LogP contribution is -2.01. The minimum atomic E-state index is 0.559. The van der Waals surface area contributed by atoms with Crippen LogP contribution >= 0.6 is 0 Å². The summed E-state index contributed by atoms with van der Waals surface area (Å²) < 4.78 is 11.7. The van der Waals surface area contributed by atoms with Crippen LogP contribution in [0.5, 0.6) is 0 Å². The van der Waals surface area contributed by atoms with Crippen LogP contribution < -0.4 is 0 Å². The zero-order valence-corrected chi connectivity index (χ0v) is 39.3. The van der Waals surface area contributed by atoms with Gasteiger partial charge in [-0.3, -0.25) is 0 Å². The summed E-state index contributed by atoms with van der Waals surface area (Å²) in [5, 5.41) is 9.07. The normalized spacial score (nSPS) is 11.8. The van der Waals surface area contributed by atoms with Crippen LogP contribution in [-0.4, -0.2) is 24.1 Å². The van der Waals surface area contributed by atoms with E-state index in [4.69, 9.17) is 19.4 Å². The van der Waals surface area contributed by atoms with Crippen LogP contribution in [0.4, 0.5) is 0 Å². The van der Waals surface area contributed by atoms with Crippen molar-refractivity contribution in [1.82, 2.24) is 24.1 Å². The smallest absolute Gasteiger partial charge is 0.164 e. The summed E-state index contributed by atoms with van der Waals surface area (Å²) in [6, 6.07) is 88.0. The SMILES string of the molecule is c1ccc(-c2ccc(-c3nc(-c4ccc5c6ccccc6n(-c6ccccc6)c5c4)nc(-c4cccc5oc6cc(-n7c8ccccc8c8cc9ccccc9cc87)c(-c7ccccc7)cc6c45)n3)cc2)cc1. The second-order valence-electron chi connectivity index (χ2n) is 18.8. The van der Waals surface area contributed by atoms with Crippen LogP contribution in [0.25, 0.3) is 144 Å². The van der Waals surface area contributed by atoms with Crippen LogP contribution in [0.2, 0.25) is 0 Å². The lowest BCUT2D eigenvalue weighted by Gasteiger charge is -2.15. The van der Waals surface area contributed by atoms with Gasteiger partial charge in [0.1, 0.15) is 11.2 Å². The van der Waals surface area contributed by atoms with Gasteiger partial charge < -0.3 is 13.6 Å². The molecule has 73 heavy (non-hydrogen) atoms. The molecule has 0 aliphatic heterocycles. The van der Waals surface area contributed by atoms with Crippen molar-refractivity contribution in [1.29, 1.82) is 0 Å². The third kappa shape index (κ3) is 6.62. The maximum absolute atomic E-state index is 6.97. The van der Waals surface area contributed by atoms with Crippen molar-refractivity contribution in [2.24, 2.45) is 0 Å². The van der Waals surface area contributed by atoms with Gasteiger partial charge in [0.05, 0.1) is 27.8 Å². The summed E-state index contributed by atoms with van der Waals surface area (Å²) in [6.45, 7) is 0. The molecule has 0 spiro atoms. The third-order valence-electron chi connectivity index (χ3n) is 14.6. The summed E-state index contributed by atoms with van der Waals surface area (Å²) in [5.41, 5.74) is 15.2. The zero-order valence-electron chi connectivity index (χ0n) is 39.3. The Bertz CT molecular complexity index is 4650. The Morgan fingerprint density at radius 2 is 0.836 bits per heavy atom. The van der Waals surface area contributed by atoms with Crippen molar-refractivity contribution in [2.75, 3.05) is 0 Å². The number of fused-ring (bicyclic) bond motifs is 10. The van der Waals surface area contributed by atoms with Gasteiger partial charge in [-0.1, -0.05) is 188 Å². The average molecular weight is 932 g/mol. The standard InChI is InChI=1S/C67H41N5O/c1-4-17-42(18-5-1)43-31-33-45(34-32-43)65-68-66(48-35-36-52-50-25-12-14-28-57(50)71(59(52)39-48)49-23-8-3-9-24-49)70-67(69-65)53-27-16-30-62-64(53)56-40-54(44-19-6-2-7-20-44)61(41-63(56)73-62)72-58-29-15-13-26-51(58)55-37-46-21-10-11-22-47(46)38-60(55)72/h1-41H. The number of benzene rings is 11. The molecule has 0 radical (unpaired) electrons. The minimum absolute atomic E-state index is 0.559. The van der Waals surface area contributed by atoms with Crippen LogP contribution in [0, 0.1) is 0 Å². The van der Waals surface area contributed by atoms with Gasteiger partial charge in [-0.25, -0.2) is 15.0 Å². The van der Waals surface area contributed by atoms with E-state index in [1.165, 1.54) is 26.9 Å².